The Morgan fingerprint density at radius 3 is 2.84 bits per heavy atom. The van der Waals surface area contributed by atoms with E-state index in [1.807, 2.05) is 37.3 Å². The number of fused-ring (bicyclic) bond motifs is 3. The summed E-state index contributed by atoms with van der Waals surface area (Å²) in [6, 6.07) is 15.7. The molecule has 0 saturated carbocycles. The first-order chi connectivity index (χ1) is 12.2. The summed E-state index contributed by atoms with van der Waals surface area (Å²) in [4.78, 5) is 15.8. The minimum absolute atomic E-state index is 0.102. The van der Waals surface area contributed by atoms with Crippen LogP contribution in [-0.4, -0.2) is 23.7 Å². The second-order valence-electron chi connectivity index (χ2n) is 6.26. The molecule has 0 bridgehead atoms. The monoisotopic (exact) mass is 335 g/mol. The molecule has 128 valence electrons. The Morgan fingerprint density at radius 2 is 1.96 bits per heavy atom. The molecule has 2 aromatic carbocycles. The molecule has 0 spiro atoms. The minimum atomic E-state index is -0.202. The van der Waals surface area contributed by atoms with Crippen molar-refractivity contribution in [1.82, 2.24) is 10.3 Å². The molecule has 5 nitrogen and oxygen atoms in total. The van der Waals surface area contributed by atoms with E-state index in [0.29, 0.717) is 18.0 Å². The molecule has 4 rings (SSSR count). The van der Waals surface area contributed by atoms with Crippen molar-refractivity contribution < 1.29 is 9.53 Å². The van der Waals surface area contributed by atoms with Crippen LogP contribution >= 0.6 is 0 Å². The fraction of sp³-hybridized carbons (Fsp3) is 0.250. The van der Waals surface area contributed by atoms with Crippen LogP contribution in [0.2, 0.25) is 0 Å². The standard InChI is InChI=1S/C20H21N3O2/c1-2-25-19-10-6-5-9-17(19)23-20(24)21-13-11-15-14-7-3-4-8-16(14)22-18(15)12-13/h3-10,13,22H,2,11-12H2,1H3,(H2,21,23,24). The molecule has 0 aliphatic heterocycles. The topological polar surface area (TPSA) is 66.2 Å². The summed E-state index contributed by atoms with van der Waals surface area (Å²) in [5.41, 5.74) is 4.39. The molecule has 5 heteroatoms. The zero-order chi connectivity index (χ0) is 17.2. The van der Waals surface area contributed by atoms with Crippen LogP contribution in [0.5, 0.6) is 5.75 Å². The summed E-state index contributed by atoms with van der Waals surface area (Å²) in [5.74, 6) is 0.683. The number of benzene rings is 2. The van der Waals surface area contributed by atoms with Gasteiger partial charge in [-0.1, -0.05) is 30.3 Å². The molecule has 1 heterocycles. The molecule has 3 aromatic rings. The Labute approximate surface area is 146 Å². The van der Waals surface area contributed by atoms with E-state index in [9.17, 15) is 4.79 Å². The third-order valence-corrected chi connectivity index (χ3v) is 4.57. The van der Waals surface area contributed by atoms with Crippen molar-refractivity contribution in [2.24, 2.45) is 0 Å². The van der Waals surface area contributed by atoms with Crippen LogP contribution in [0, 0.1) is 0 Å². The average Bonchev–Trinajstić information content (AvgIpc) is 3.14. The number of rotatable bonds is 4. The summed E-state index contributed by atoms with van der Waals surface area (Å²) in [7, 11) is 0. The highest BCUT2D eigenvalue weighted by atomic mass is 16.5. The lowest BCUT2D eigenvalue weighted by Gasteiger charge is -2.15. The lowest BCUT2D eigenvalue weighted by Crippen LogP contribution is -2.38. The van der Waals surface area contributed by atoms with Gasteiger partial charge in [-0.15, -0.1) is 0 Å². The molecular formula is C20H21N3O2. The first-order valence-electron chi connectivity index (χ1n) is 8.62. The number of amides is 2. The van der Waals surface area contributed by atoms with Gasteiger partial charge in [-0.25, -0.2) is 4.79 Å². The van der Waals surface area contributed by atoms with Gasteiger partial charge in [0, 0.05) is 29.1 Å². The maximum atomic E-state index is 12.4. The van der Waals surface area contributed by atoms with E-state index in [1.165, 1.54) is 22.2 Å². The van der Waals surface area contributed by atoms with Crippen LogP contribution in [0.1, 0.15) is 18.2 Å². The number of nitrogens with one attached hydrogen (secondary N) is 3. The van der Waals surface area contributed by atoms with Crippen LogP contribution in [0.15, 0.2) is 48.5 Å². The number of carbonyl (C=O) groups is 1. The highest BCUT2D eigenvalue weighted by Crippen LogP contribution is 2.30. The normalized spacial score (nSPS) is 15.8. The summed E-state index contributed by atoms with van der Waals surface area (Å²) in [5, 5.41) is 7.22. The molecule has 2 amide bonds. The highest BCUT2D eigenvalue weighted by Gasteiger charge is 2.26. The Kier molecular flexibility index (Phi) is 4.06. The maximum Gasteiger partial charge on any atom is 0.319 e. The van der Waals surface area contributed by atoms with E-state index < -0.39 is 0 Å². The van der Waals surface area contributed by atoms with Crippen molar-refractivity contribution in [1.29, 1.82) is 0 Å². The zero-order valence-electron chi connectivity index (χ0n) is 14.1. The van der Waals surface area contributed by atoms with Crippen molar-refractivity contribution in [2.45, 2.75) is 25.8 Å². The van der Waals surface area contributed by atoms with E-state index in [-0.39, 0.29) is 12.1 Å². The molecule has 1 atom stereocenters. The van der Waals surface area contributed by atoms with E-state index in [4.69, 9.17) is 4.74 Å². The SMILES string of the molecule is CCOc1ccccc1NC(=O)NC1Cc2[nH]c3ccccc3c2C1. The quantitative estimate of drug-likeness (QED) is 0.678. The van der Waals surface area contributed by atoms with Crippen molar-refractivity contribution in [3.8, 4) is 5.75 Å². The molecule has 1 aliphatic carbocycles. The Bertz CT molecular complexity index is 916. The largest absolute Gasteiger partial charge is 0.492 e. The van der Waals surface area contributed by atoms with Gasteiger partial charge in [0.1, 0.15) is 5.75 Å². The van der Waals surface area contributed by atoms with Crippen LogP contribution in [0.4, 0.5) is 10.5 Å². The van der Waals surface area contributed by atoms with Crippen molar-refractivity contribution >= 4 is 22.6 Å². The predicted molar refractivity (Wildman–Crippen MR) is 99.3 cm³/mol. The molecule has 25 heavy (non-hydrogen) atoms. The Balaban J connectivity index is 1.42. The molecule has 1 aromatic heterocycles. The van der Waals surface area contributed by atoms with Gasteiger partial charge in [-0.2, -0.15) is 0 Å². The number of para-hydroxylation sites is 3. The predicted octanol–water partition coefficient (Wildman–Crippen LogP) is 3.86. The summed E-state index contributed by atoms with van der Waals surface area (Å²) in [6.45, 7) is 2.48. The summed E-state index contributed by atoms with van der Waals surface area (Å²) in [6.07, 6.45) is 1.67. The van der Waals surface area contributed by atoms with E-state index in [1.54, 1.807) is 0 Å². The molecule has 1 unspecified atom stereocenters. The first-order valence-corrected chi connectivity index (χ1v) is 8.62. The van der Waals surface area contributed by atoms with Crippen LogP contribution in [0.3, 0.4) is 0 Å². The number of urea groups is 1. The number of hydrogen-bond donors (Lipinski definition) is 3. The number of aromatic amines is 1. The lowest BCUT2D eigenvalue weighted by molar-refractivity contribution is 0.248. The van der Waals surface area contributed by atoms with Gasteiger partial charge in [0.05, 0.1) is 12.3 Å². The van der Waals surface area contributed by atoms with Crippen LogP contribution in [-0.2, 0) is 12.8 Å². The van der Waals surface area contributed by atoms with Crippen molar-refractivity contribution in [2.75, 3.05) is 11.9 Å². The average molecular weight is 335 g/mol. The Hall–Kier alpha value is -2.95. The number of carbonyl (C=O) groups excluding carboxylic acids is 1. The highest BCUT2D eigenvalue weighted by molar-refractivity contribution is 5.91. The fourth-order valence-corrected chi connectivity index (χ4v) is 3.53. The lowest BCUT2D eigenvalue weighted by atomic mass is 10.1. The number of ether oxygens (including phenoxy) is 1. The molecule has 3 N–H and O–H groups in total. The van der Waals surface area contributed by atoms with Crippen molar-refractivity contribution in [3.63, 3.8) is 0 Å². The van der Waals surface area contributed by atoms with E-state index >= 15 is 0 Å². The third-order valence-electron chi connectivity index (χ3n) is 4.57. The van der Waals surface area contributed by atoms with Crippen LogP contribution < -0.4 is 15.4 Å². The zero-order valence-corrected chi connectivity index (χ0v) is 14.1. The minimum Gasteiger partial charge on any atom is -0.492 e. The van der Waals surface area contributed by atoms with Gasteiger partial charge in [-0.3, -0.25) is 0 Å². The summed E-state index contributed by atoms with van der Waals surface area (Å²) >= 11 is 0. The van der Waals surface area contributed by atoms with Gasteiger partial charge in [0.15, 0.2) is 0 Å². The van der Waals surface area contributed by atoms with Gasteiger partial charge in [0.25, 0.3) is 0 Å². The summed E-state index contributed by atoms with van der Waals surface area (Å²) < 4.78 is 5.55. The number of hydrogen-bond acceptors (Lipinski definition) is 2. The maximum absolute atomic E-state index is 12.4. The third kappa shape index (κ3) is 3.05. The Morgan fingerprint density at radius 1 is 1.16 bits per heavy atom. The van der Waals surface area contributed by atoms with Gasteiger partial charge < -0.3 is 20.4 Å². The van der Waals surface area contributed by atoms with Crippen LogP contribution in [0.25, 0.3) is 10.9 Å². The molecule has 0 fully saturated rings. The first kappa shape index (κ1) is 15.6. The smallest absolute Gasteiger partial charge is 0.319 e. The van der Waals surface area contributed by atoms with Gasteiger partial charge in [0.2, 0.25) is 0 Å². The van der Waals surface area contributed by atoms with Crippen molar-refractivity contribution in [3.05, 3.63) is 59.8 Å². The fourth-order valence-electron chi connectivity index (χ4n) is 3.53. The number of anilines is 1. The molecular weight excluding hydrogens is 314 g/mol. The number of aromatic nitrogens is 1. The van der Waals surface area contributed by atoms with E-state index in [0.717, 1.165) is 12.8 Å². The van der Waals surface area contributed by atoms with Gasteiger partial charge >= 0.3 is 6.03 Å². The second kappa shape index (κ2) is 6.51. The second-order valence-corrected chi connectivity index (χ2v) is 6.26. The number of H-pyrrole nitrogens is 1. The molecule has 1 aliphatic rings. The molecule has 0 saturated heterocycles. The van der Waals surface area contributed by atoms with E-state index in [2.05, 4.69) is 33.8 Å². The molecule has 0 radical (unpaired) electrons. The van der Waals surface area contributed by atoms with Gasteiger partial charge in [-0.05, 0) is 37.1 Å².